The van der Waals surface area contributed by atoms with Crippen LogP contribution in [-0.4, -0.2) is 33.4 Å². The summed E-state index contributed by atoms with van der Waals surface area (Å²) >= 11 is 6.08. The second-order valence-corrected chi connectivity index (χ2v) is 5.85. The number of hydrogen-bond acceptors (Lipinski definition) is 4. The monoisotopic (exact) mass is 333 g/mol. The van der Waals surface area contributed by atoms with Gasteiger partial charge in [-0.2, -0.15) is 13.2 Å². The van der Waals surface area contributed by atoms with Gasteiger partial charge in [0.05, 0.1) is 23.6 Å². The van der Waals surface area contributed by atoms with Crippen LogP contribution in [0.4, 0.5) is 13.2 Å². The van der Waals surface area contributed by atoms with E-state index in [0.717, 1.165) is 23.9 Å². The number of β-amino-alcohol motifs (C(OH)–C–C–N with tert-alkyl or cyclic N) is 1. The van der Waals surface area contributed by atoms with Gasteiger partial charge in [-0.3, -0.25) is 9.69 Å². The predicted molar refractivity (Wildman–Crippen MR) is 78.4 cm³/mol. The van der Waals surface area contributed by atoms with Crippen LogP contribution in [0.15, 0.2) is 29.2 Å². The summed E-state index contributed by atoms with van der Waals surface area (Å²) in [5.74, 6) is -0.348. The molecule has 1 heterocycles. The number of thiocarbonyl (C=S) groups is 1. The lowest BCUT2D eigenvalue weighted by Crippen LogP contribution is -2.30. The maximum Gasteiger partial charge on any atom is 0.416 e. The topological polar surface area (TPSA) is 40.5 Å². The molecule has 1 aliphatic heterocycles. The molecule has 0 unspecified atom stereocenters. The molecule has 1 aliphatic rings. The van der Waals surface area contributed by atoms with Gasteiger partial charge in [-0.25, -0.2) is 0 Å². The number of benzene rings is 1. The van der Waals surface area contributed by atoms with Gasteiger partial charge in [0.2, 0.25) is 0 Å². The fourth-order valence-electron chi connectivity index (χ4n) is 1.71. The highest BCUT2D eigenvalue weighted by Crippen LogP contribution is 2.33. The van der Waals surface area contributed by atoms with Gasteiger partial charge in [0.15, 0.2) is 0 Å². The van der Waals surface area contributed by atoms with E-state index in [2.05, 4.69) is 0 Å². The van der Waals surface area contributed by atoms with Gasteiger partial charge in [0.25, 0.3) is 5.91 Å². The second kappa shape index (κ2) is 6.17. The fourth-order valence-corrected chi connectivity index (χ4v) is 3.02. The number of carbonyl (C=O) groups is 1. The number of aliphatic hydroxyl groups excluding tert-OH is 1. The van der Waals surface area contributed by atoms with E-state index in [4.69, 9.17) is 17.3 Å². The lowest BCUT2D eigenvalue weighted by Gasteiger charge is -2.11. The molecule has 3 nitrogen and oxygen atoms in total. The Balaban J connectivity index is 2.21. The minimum Gasteiger partial charge on any atom is -0.395 e. The Morgan fingerprint density at radius 3 is 2.43 bits per heavy atom. The van der Waals surface area contributed by atoms with Crippen LogP contribution in [0.3, 0.4) is 0 Å². The average Bonchev–Trinajstić information content (AvgIpc) is 2.66. The van der Waals surface area contributed by atoms with Gasteiger partial charge in [-0.1, -0.05) is 36.1 Å². The molecule has 1 N–H and O–H groups in total. The first kappa shape index (κ1) is 16.0. The van der Waals surface area contributed by atoms with E-state index >= 15 is 0 Å². The molecule has 2 rings (SSSR count). The predicted octanol–water partition coefficient (Wildman–Crippen LogP) is 2.90. The molecule has 1 fully saturated rings. The maximum absolute atomic E-state index is 12.5. The van der Waals surface area contributed by atoms with E-state index in [1.54, 1.807) is 0 Å². The summed E-state index contributed by atoms with van der Waals surface area (Å²) in [5, 5.41) is 8.86. The molecule has 0 aromatic heterocycles. The molecule has 0 bridgehead atoms. The number of halogens is 3. The van der Waals surface area contributed by atoms with Gasteiger partial charge in [0, 0.05) is 0 Å². The molecular weight excluding hydrogens is 323 g/mol. The van der Waals surface area contributed by atoms with Crippen molar-refractivity contribution in [2.24, 2.45) is 0 Å². The quantitative estimate of drug-likeness (QED) is 0.682. The molecular formula is C13H10F3NO2S2. The number of thioether (sulfide) groups is 1. The Hall–Kier alpha value is -1.38. The molecule has 0 radical (unpaired) electrons. The fraction of sp³-hybridized carbons (Fsp3) is 0.231. The van der Waals surface area contributed by atoms with Crippen molar-refractivity contribution in [3.05, 3.63) is 40.3 Å². The Bertz CT molecular complexity index is 596. The number of rotatable bonds is 3. The van der Waals surface area contributed by atoms with Crippen molar-refractivity contribution in [1.29, 1.82) is 0 Å². The molecule has 21 heavy (non-hydrogen) atoms. The number of alkyl halides is 3. The third kappa shape index (κ3) is 3.63. The van der Waals surface area contributed by atoms with Gasteiger partial charge in [-0.05, 0) is 23.8 Å². The summed E-state index contributed by atoms with van der Waals surface area (Å²) in [6.07, 6.45) is -2.90. The molecule has 0 aliphatic carbocycles. The molecule has 0 saturated carbocycles. The first-order valence-electron chi connectivity index (χ1n) is 5.86. The largest absolute Gasteiger partial charge is 0.416 e. The number of amides is 1. The summed E-state index contributed by atoms with van der Waals surface area (Å²) in [5.41, 5.74) is -0.264. The first-order valence-corrected chi connectivity index (χ1v) is 7.09. The van der Waals surface area contributed by atoms with E-state index < -0.39 is 11.7 Å². The van der Waals surface area contributed by atoms with Crippen LogP contribution < -0.4 is 0 Å². The molecule has 1 aromatic carbocycles. The van der Waals surface area contributed by atoms with Crippen molar-refractivity contribution in [2.45, 2.75) is 6.18 Å². The molecule has 8 heteroatoms. The van der Waals surface area contributed by atoms with Gasteiger partial charge >= 0.3 is 6.18 Å². The highest BCUT2D eigenvalue weighted by Gasteiger charge is 2.32. The molecule has 112 valence electrons. The van der Waals surface area contributed by atoms with Crippen LogP contribution in [-0.2, 0) is 11.0 Å². The lowest BCUT2D eigenvalue weighted by molar-refractivity contribution is -0.137. The highest BCUT2D eigenvalue weighted by molar-refractivity contribution is 8.26. The number of nitrogens with zero attached hydrogens (tertiary/aromatic N) is 1. The number of carbonyl (C=O) groups excluding carboxylic acids is 1. The Morgan fingerprint density at radius 2 is 1.90 bits per heavy atom. The minimum atomic E-state index is -4.39. The Morgan fingerprint density at radius 1 is 1.29 bits per heavy atom. The maximum atomic E-state index is 12.5. The van der Waals surface area contributed by atoms with Crippen LogP contribution in [0.5, 0.6) is 0 Å². The molecule has 0 spiro atoms. The summed E-state index contributed by atoms with van der Waals surface area (Å²) < 4.78 is 37.7. The van der Waals surface area contributed by atoms with Crippen LogP contribution in [0.2, 0.25) is 0 Å². The number of hydrogen-bond donors (Lipinski definition) is 1. The summed E-state index contributed by atoms with van der Waals surface area (Å²) in [6, 6.07) is 4.50. The summed E-state index contributed by atoms with van der Waals surface area (Å²) in [6.45, 7) is -0.102. The van der Waals surface area contributed by atoms with E-state index in [-0.39, 0.29) is 19.1 Å². The zero-order valence-corrected chi connectivity index (χ0v) is 12.2. The van der Waals surface area contributed by atoms with E-state index in [0.29, 0.717) is 14.8 Å². The van der Waals surface area contributed by atoms with Gasteiger partial charge < -0.3 is 5.11 Å². The second-order valence-electron chi connectivity index (χ2n) is 4.18. The van der Waals surface area contributed by atoms with Crippen LogP contribution in [0.25, 0.3) is 6.08 Å². The number of aliphatic hydroxyl groups is 1. The molecule has 1 aromatic rings. The molecule has 1 amide bonds. The third-order valence-corrected chi connectivity index (χ3v) is 4.11. The first-order chi connectivity index (χ1) is 9.82. The van der Waals surface area contributed by atoms with Crippen molar-refractivity contribution >= 4 is 40.3 Å². The SMILES string of the molecule is O=C1C(=Cc2ccc(C(F)(F)F)cc2)SC(=S)N1CCO. The Labute approximate surface area is 128 Å². The Kier molecular flexibility index (Phi) is 4.70. The van der Waals surface area contributed by atoms with Crippen molar-refractivity contribution in [3.8, 4) is 0 Å². The third-order valence-electron chi connectivity index (χ3n) is 2.73. The van der Waals surface area contributed by atoms with Crippen LogP contribution in [0, 0.1) is 0 Å². The van der Waals surface area contributed by atoms with Crippen molar-refractivity contribution in [2.75, 3.05) is 13.2 Å². The minimum absolute atomic E-state index is 0.106. The van der Waals surface area contributed by atoms with Gasteiger partial charge in [-0.15, -0.1) is 0 Å². The smallest absolute Gasteiger partial charge is 0.395 e. The highest BCUT2D eigenvalue weighted by atomic mass is 32.2. The van der Waals surface area contributed by atoms with Crippen LogP contribution >= 0.6 is 24.0 Å². The summed E-state index contributed by atoms with van der Waals surface area (Å²) in [7, 11) is 0. The molecule has 1 saturated heterocycles. The molecule has 0 atom stereocenters. The van der Waals surface area contributed by atoms with E-state index in [1.165, 1.54) is 23.1 Å². The zero-order chi connectivity index (χ0) is 15.6. The zero-order valence-electron chi connectivity index (χ0n) is 10.6. The van der Waals surface area contributed by atoms with Crippen molar-refractivity contribution < 1.29 is 23.1 Å². The average molecular weight is 333 g/mol. The summed E-state index contributed by atoms with van der Waals surface area (Å²) in [4.78, 5) is 13.6. The van der Waals surface area contributed by atoms with Crippen LogP contribution in [0.1, 0.15) is 11.1 Å². The van der Waals surface area contributed by atoms with Gasteiger partial charge in [0.1, 0.15) is 4.32 Å². The van der Waals surface area contributed by atoms with Crippen molar-refractivity contribution in [3.63, 3.8) is 0 Å². The van der Waals surface area contributed by atoms with E-state index in [9.17, 15) is 18.0 Å². The van der Waals surface area contributed by atoms with E-state index in [1.807, 2.05) is 0 Å². The lowest BCUT2D eigenvalue weighted by atomic mass is 10.1. The normalized spacial score (nSPS) is 17.9. The standard InChI is InChI=1S/C13H10F3NO2S2/c14-13(15,16)9-3-1-8(2-4-9)7-10-11(19)17(5-6-18)12(20)21-10/h1-4,7,18H,5-6H2. The van der Waals surface area contributed by atoms with Crippen molar-refractivity contribution in [1.82, 2.24) is 4.90 Å².